The van der Waals surface area contributed by atoms with Gasteiger partial charge < -0.3 is 14.2 Å². The molecule has 3 aliphatic rings. The molecule has 1 spiro atoms. The zero-order valence-corrected chi connectivity index (χ0v) is 39.8. The van der Waals surface area contributed by atoms with Gasteiger partial charge in [0.1, 0.15) is 17.2 Å². The van der Waals surface area contributed by atoms with Gasteiger partial charge in [-0.3, -0.25) is 0 Å². The number of hydrogen-bond donors (Lipinski definition) is 0. The summed E-state index contributed by atoms with van der Waals surface area (Å²) in [6.07, 6.45) is 10.7. The Balaban J connectivity index is 1.26. The predicted octanol–water partition coefficient (Wildman–Crippen LogP) is 17.8. The Labute approximate surface area is 395 Å². The lowest BCUT2D eigenvalue weighted by Gasteiger charge is -2.35. The molecule has 0 bridgehead atoms. The lowest BCUT2D eigenvalue weighted by Crippen LogP contribution is -2.27. The Kier molecular flexibility index (Phi) is 9.97. The minimum absolute atomic E-state index is 0.00923. The number of aryl methyl sites for hydroxylation is 1. The van der Waals surface area contributed by atoms with E-state index in [1.54, 1.807) is 6.07 Å². The van der Waals surface area contributed by atoms with Gasteiger partial charge in [0.25, 0.3) is 0 Å². The van der Waals surface area contributed by atoms with Gasteiger partial charge in [0.05, 0.1) is 11.1 Å². The Morgan fingerprint density at radius 1 is 0.567 bits per heavy atom. The van der Waals surface area contributed by atoms with Gasteiger partial charge in [-0.1, -0.05) is 150 Å². The van der Waals surface area contributed by atoms with E-state index >= 15 is 4.39 Å². The van der Waals surface area contributed by atoms with Crippen LogP contribution >= 0.6 is 0 Å². The Hall–Kier alpha value is -7.17. The number of anilines is 5. The molecule has 332 valence electrons. The fraction of sp³-hybridized carbons (Fsp3) is 0.206. The van der Waals surface area contributed by atoms with Gasteiger partial charge in [-0.2, -0.15) is 0 Å². The third kappa shape index (κ3) is 6.59. The van der Waals surface area contributed by atoms with E-state index < -0.39 is 5.41 Å². The molecule has 0 aliphatic heterocycles. The van der Waals surface area contributed by atoms with Crippen molar-refractivity contribution in [1.29, 1.82) is 0 Å². The second-order valence-corrected chi connectivity index (χ2v) is 20.5. The molecule has 11 rings (SSSR count). The first kappa shape index (κ1) is 42.5. The van der Waals surface area contributed by atoms with Gasteiger partial charge in [0.15, 0.2) is 0 Å². The molecule has 8 aromatic rings. The van der Waals surface area contributed by atoms with E-state index in [2.05, 4.69) is 216 Å². The van der Waals surface area contributed by atoms with Crippen LogP contribution < -0.4 is 9.80 Å². The normalized spacial score (nSPS) is 16.2. The van der Waals surface area contributed by atoms with E-state index in [0.717, 1.165) is 103 Å². The third-order valence-corrected chi connectivity index (χ3v) is 14.5. The van der Waals surface area contributed by atoms with Crippen LogP contribution in [0.25, 0.3) is 39.3 Å². The van der Waals surface area contributed by atoms with Gasteiger partial charge in [-0.15, -0.1) is 0 Å². The molecule has 0 saturated heterocycles. The van der Waals surface area contributed by atoms with Crippen molar-refractivity contribution < 1.29 is 8.81 Å². The first-order chi connectivity index (χ1) is 32.3. The molecule has 3 aliphatic carbocycles. The molecular weight excluding hydrogens is 820 g/mol. The standard InChI is InChI=1S/C63H57FN2O/c1-9-19-56-40(2)57-55(66(44-22-14-11-15-23-44)46-34-30-42(31-35-46)62(6,7)8)39-53-59(60(57)67-56)49-37-36-47(65(43-20-12-10-13-21-43)45-32-28-41(29-33-45)61(3,4)5)38-52(49)63(53)50-25-17-16-24-48(50)58-51(63)26-18-27-54(58)64/h9-28,30-32,34-39H,29,33H2,1-8H3/b19-9-. The Morgan fingerprint density at radius 2 is 1.19 bits per heavy atom. The van der Waals surface area contributed by atoms with Crippen molar-refractivity contribution >= 4 is 45.5 Å². The highest BCUT2D eigenvalue weighted by molar-refractivity contribution is 6.12. The first-order valence-corrected chi connectivity index (χ1v) is 23.8. The largest absolute Gasteiger partial charge is 0.456 e. The van der Waals surface area contributed by atoms with Crippen molar-refractivity contribution in [2.75, 3.05) is 9.80 Å². The smallest absolute Gasteiger partial charge is 0.145 e. The van der Waals surface area contributed by atoms with Crippen LogP contribution in [0.4, 0.5) is 32.8 Å². The number of nitrogens with zero attached hydrogens (tertiary/aromatic N) is 2. The molecule has 1 aromatic heterocycles. The number of allylic oxidation sites excluding steroid dienone is 5. The fourth-order valence-corrected chi connectivity index (χ4v) is 11.3. The minimum Gasteiger partial charge on any atom is -0.456 e. The van der Waals surface area contributed by atoms with Gasteiger partial charge in [-0.25, -0.2) is 4.39 Å². The first-order valence-electron chi connectivity index (χ1n) is 23.8. The van der Waals surface area contributed by atoms with Crippen LogP contribution in [0, 0.1) is 18.2 Å². The van der Waals surface area contributed by atoms with E-state index in [-0.39, 0.29) is 16.6 Å². The number of hydrogen-bond acceptors (Lipinski definition) is 3. The van der Waals surface area contributed by atoms with Crippen LogP contribution in [0.2, 0.25) is 0 Å². The van der Waals surface area contributed by atoms with Gasteiger partial charge in [0, 0.05) is 50.5 Å². The zero-order valence-electron chi connectivity index (χ0n) is 39.8. The predicted molar refractivity (Wildman–Crippen MR) is 279 cm³/mol. The summed E-state index contributed by atoms with van der Waals surface area (Å²) in [6, 6.07) is 53.9. The van der Waals surface area contributed by atoms with Crippen LogP contribution in [-0.2, 0) is 10.8 Å². The third-order valence-electron chi connectivity index (χ3n) is 14.5. The lowest BCUT2D eigenvalue weighted by atomic mass is 9.70. The summed E-state index contributed by atoms with van der Waals surface area (Å²) in [7, 11) is 0. The minimum atomic E-state index is -0.889. The van der Waals surface area contributed by atoms with Crippen LogP contribution in [0.1, 0.15) is 100 Å². The molecule has 0 fully saturated rings. The summed E-state index contributed by atoms with van der Waals surface area (Å²) in [5, 5.41) is 1.05. The molecule has 3 nitrogen and oxygen atoms in total. The number of rotatable bonds is 7. The van der Waals surface area contributed by atoms with Crippen LogP contribution in [0.3, 0.4) is 0 Å². The van der Waals surface area contributed by atoms with Crippen LogP contribution in [-0.4, -0.2) is 0 Å². The number of fused-ring (bicyclic) bond motifs is 12. The van der Waals surface area contributed by atoms with Crippen molar-refractivity contribution in [3.8, 4) is 22.3 Å². The number of para-hydroxylation sites is 2. The van der Waals surface area contributed by atoms with E-state index in [9.17, 15) is 0 Å². The molecule has 1 unspecified atom stereocenters. The van der Waals surface area contributed by atoms with Crippen molar-refractivity contribution in [3.05, 3.63) is 226 Å². The zero-order chi connectivity index (χ0) is 46.4. The number of benzene rings is 7. The van der Waals surface area contributed by atoms with Crippen LogP contribution in [0.15, 0.2) is 186 Å². The van der Waals surface area contributed by atoms with Crippen molar-refractivity contribution in [1.82, 2.24) is 0 Å². The average Bonchev–Trinajstić information content (AvgIpc) is 3.93. The van der Waals surface area contributed by atoms with Gasteiger partial charge >= 0.3 is 0 Å². The van der Waals surface area contributed by atoms with E-state index in [1.807, 2.05) is 19.1 Å². The molecule has 0 saturated carbocycles. The van der Waals surface area contributed by atoms with E-state index in [4.69, 9.17) is 4.42 Å². The highest BCUT2D eigenvalue weighted by Crippen LogP contribution is 2.66. The van der Waals surface area contributed by atoms with Crippen molar-refractivity contribution in [2.45, 2.75) is 79.1 Å². The highest BCUT2D eigenvalue weighted by atomic mass is 19.1. The lowest BCUT2D eigenvalue weighted by molar-refractivity contribution is 0.479. The van der Waals surface area contributed by atoms with Gasteiger partial charge in [-0.05, 0) is 149 Å². The molecule has 7 aromatic carbocycles. The molecule has 4 heteroatoms. The molecule has 67 heavy (non-hydrogen) atoms. The summed E-state index contributed by atoms with van der Waals surface area (Å²) < 4.78 is 24.1. The second-order valence-electron chi connectivity index (χ2n) is 20.5. The maximum absolute atomic E-state index is 16.9. The SMILES string of the molecule is C/C=C\c1oc2c3c(cc(N(c4ccccc4)c4ccc(C(C)(C)C)cc4)c2c1C)C1(c2ccccc2-c2c(F)cccc21)c1cc(N(C2=CC=C(C(C)(C)C)CC2)c2ccccc2)ccc1-3. The molecule has 0 N–H and O–H groups in total. The molecule has 1 atom stereocenters. The molecule has 1 heterocycles. The second kappa shape index (κ2) is 15.7. The van der Waals surface area contributed by atoms with Crippen LogP contribution in [0.5, 0.6) is 0 Å². The maximum atomic E-state index is 16.9. The number of furan rings is 1. The fourth-order valence-electron chi connectivity index (χ4n) is 11.3. The summed E-state index contributed by atoms with van der Waals surface area (Å²) in [5.74, 6) is 0.603. The quantitative estimate of drug-likeness (QED) is 0.159. The number of halogens is 1. The summed E-state index contributed by atoms with van der Waals surface area (Å²) >= 11 is 0. The van der Waals surface area contributed by atoms with Crippen molar-refractivity contribution in [3.63, 3.8) is 0 Å². The van der Waals surface area contributed by atoms with E-state index in [1.165, 1.54) is 16.8 Å². The van der Waals surface area contributed by atoms with Crippen molar-refractivity contribution in [2.24, 2.45) is 5.41 Å². The maximum Gasteiger partial charge on any atom is 0.145 e. The Bertz CT molecular complexity index is 3340. The monoisotopic (exact) mass is 876 g/mol. The molecular formula is C63H57FN2O. The summed E-state index contributed by atoms with van der Waals surface area (Å²) in [6.45, 7) is 17.9. The summed E-state index contributed by atoms with van der Waals surface area (Å²) in [5.41, 5.74) is 18.2. The topological polar surface area (TPSA) is 19.6 Å². The molecule has 0 radical (unpaired) electrons. The van der Waals surface area contributed by atoms with Gasteiger partial charge in [0.2, 0.25) is 0 Å². The summed E-state index contributed by atoms with van der Waals surface area (Å²) in [4.78, 5) is 4.82. The molecule has 0 amide bonds. The highest BCUT2D eigenvalue weighted by Gasteiger charge is 2.54. The average molecular weight is 877 g/mol. The van der Waals surface area contributed by atoms with E-state index in [0.29, 0.717) is 5.56 Å². The Morgan fingerprint density at radius 3 is 1.85 bits per heavy atom.